The average molecular weight is 249 g/mol. The van der Waals surface area contributed by atoms with Gasteiger partial charge in [0.2, 0.25) is 5.82 Å². The maximum atomic E-state index is 11.8. The van der Waals surface area contributed by atoms with Gasteiger partial charge in [-0.3, -0.25) is 9.89 Å². The predicted molar refractivity (Wildman–Crippen MR) is 66.2 cm³/mol. The van der Waals surface area contributed by atoms with E-state index in [1.807, 2.05) is 0 Å². The van der Waals surface area contributed by atoms with Crippen molar-refractivity contribution in [3.8, 4) is 0 Å². The zero-order valence-corrected chi connectivity index (χ0v) is 10.6. The SMILES string of the molecule is Cc1nc(C(=O)NCC2CCN(C3CC3)C2)n[nH]1. The molecule has 1 atom stereocenters. The van der Waals surface area contributed by atoms with Crippen molar-refractivity contribution in [1.29, 1.82) is 0 Å². The number of carbonyl (C=O) groups is 1. The quantitative estimate of drug-likeness (QED) is 0.806. The molecule has 3 rings (SSSR count). The lowest BCUT2D eigenvalue weighted by Crippen LogP contribution is -2.32. The molecular formula is C12H19N5O. The molecule has 0 spiro atoms. The number of rotatable bonds is 4. The molecule has 1 unspecified atom stereocenters. The van der Waals surface area contributed by atoms with Gasteiger partial charge in [-0.05, 0) is 38.6 Å². The van der Waals surface area contributed by atoms with E-state index in [9.17, 15) is 4.79 Å². The van der Waals surface area contributed by atoms with Crippen molar-refractivity contribution in [1.82, 2.24) is 25.4 Å². The molecule has 0 radical (unpaired) electrons. The third kappa shape index (κ3) is 2.53. The summed E-state index contributed by atoms with van der Waals surface area (Å²) in [6, 6.07) is 0.835. The van der Waals surface area contributed by atoms with E-state index < -0.39 is 0 Å². The van der Waals surface area contributed by atoms with Crippen LogP contribution in [-0.4, -0.2) is 51.7 Å². The van der Waals surface area contributed by atoms with E-state index in [-0.39, 0.29) is 11.7 Å². The lowest BCUT2D eigenvalue weighted by molar-refractivity contribution is 0.0937. The van der Waals surface area contributed by atoms with Crippen molar-refractivity contribution in [3.05, 3.63) is 11.6 Å². The summed E-state index contributed by atoms with van der Waals surface area (Å²) in [5.41, 5.74) is 0. The monoisotopic (exact) mass is 249 g/mol. The fourth-order valence-electron chi connectivity index (χ4n) is 2.56. The van der Waals surface area contributed by atoms with Crippen molar-refractivity contribution in [2.24, 2.45) is 5.92 Å². The molecule has 1 aromatic rings. The largest absolute Gasteiger partial charge is 0.349 e. The van der Waals surface area contributed by atoms with Crippen LogP contribution in [0.4, 0.5) is 0 Å². The molecule has 1 saturated carbocycles. The third-order valence-electron chi connectivity index (χ3n) is 3.73. The topological polar surface area (TPSA) is 73.9 Å². The normalized spacial score (nSPS) is 24.4. The van der Waals surface area contributed by atoms with Gasteiger partial charge in [-0.2, -0.15) is 0 Å². The first-order valence-electron chi connectivity index (χ1n) is 6.63. The Kier molecular flexibility index (Phi) is 3.03. The average Bonchev–Trinajstić information content (AvgIpc) is 2.95. The van der Waals surface area contributed by atoms with Gasteiger partial charge in [0, 0.05) is 19.1 Å². The van der Waals surface area contributed by atoms with Gasteiger partial charge >= 0.3 is 0 Å². The highest BCUT2D eigenvalue weighted by molar-refractivity contribution is 5.90. The standard InChI is InChI=1S/C12H19N5O/c1-8-14-11(16-15-8)12(18)13-6-9-4-5-17(7-9)10-2-3-10/h9-10H,2-7H2,1H3,(H,13,18)(H,14,15,16). The van der Waals surface area contributed by atoms with Gasteiger partial charge in [0.1, 0.15) is 5.82 Å². The summed E-state index contributed by atoms with van der Waals surface area (Å²) in [6.45, 7) is 4.83. The highest BCUT2D eigenvalue weighted by Gasteiger charge is 2.34. The van der Waals surface area contributed by atoms with Crippen LogP contribution in [0.3, 0.4) is 0 Å². The van der Waals surface area contributed by atoms with Crippen LogP contribution in [0, 0.1) is 12.8 Å². The summed E-state index contributed by atoms with van der Waals surface area (Å²) < 4.78 is 0. The van der Waals surface area contributed by atoms with E-state index >= 15 is 0 Å². The second kappa shape index (κ2) is 4.68. The first-order chi connectivity index (χ1) is 8.72. The maximum absolute atomic E-state index is 11.8. The van der Waals surface area contributed by atoms with Crippen LogP contribution < -0.4 is 5.32 Å². The molecule has 0 bridgehead atoms. The lowest BCUT2D eigenvalue weighted by atomic mass is 10.1. The smallest absolute Gasteiger partial charge is 0.290 e. The van der Waals surface area contributed by atoms with Crippen LogP contribution in [0.1, 0.15) is 35.7 Å². The number of likely N-dealkylation sites (tertiary alicyclic amines) is 1. The zero-order valence-electron chi connectivity index (χ0n) is 10.6. The summed E-state index contributed by atoms with van der Waals surface area (Å²) in [5, 5.41) is 9.46. The Morgan fingerprint density at radius 3 is 3.00 bits per heavy atom. The first kappa shape index (κ1) is 11.6. The van der Waals surface area contributed by atoms with Gasteiger partial charge in [-0.15, -0.1) is 5.10 Å². The van der Waals surface area contributed by atoms with Crippen LogP contribution in [-0.2, 0) is 0 Å². The van der Waals surface area contributed by atoms with E-state index in [2.05, 4.69) is 25.4 Å². The molecule has 1 amide bonds. The Labute approximate surface area is 106 Å². The minimum Gasteiger partial charge on any atom is -0.349 e. The summed E-state index contributed by atoms with van der Waals surface area (Å²) in [6.07, 6.45) is 3.90. The van der Waals surface area contributed by atoms with E-state index in [4.69, 9.17) is 0 Å². The molecule has 2 N–H and O–H groups in total. The third-order valence-corrected chi connectivity index (χ3v) is 3.73. The molecule has 1 aliphatic heterocycles. The van der Waals surface area contributed by atoms with Crippen molar-refractivity contribution in [2.45, 2.75) is 32.2 Å². The number of hydrogen-bond acceptors (Lipinski definition) is 4. The van der Waals surface area contributed by atoms with Crippen molar-refractivity contribution < 1.29 is 4.79 Å². The van der Waals surface area contributed by atoms with E-state index in [1.54, 1.807) is 6.92 Å². The zero-order chi connectivity index (χ0) is 12.5. The molecule has 1 aliphatic carbocycles. The molecule has 2 aliphatic rings. The molecule has 6 heteroatoms. The second-order valence-corrected chi connectivity index (χ2v) is 5.34. The second-order valence-electron chi connectivity index (χ2n) is 5.34. The van der Waals surface area contributed by atoms with Crippen LogP contribution in [0.15, 0.2) is 0 Å². The van der Waals surface area contributed by atoms with Crippen LogP contribution in [0.5, 0.6) is 0 Å². The van der Waals surface area contributed by atoms with Gasteiger partial charge < -0.3 is 10.2 Å². The molecule has 2 fully saturated rings. The highest BCUT2D eigenvalue weighted by atomic mass is 16.2. The lowest BCUT2D eigenvalue weighted by Gasteiger charge is -2.14. The van der Waals surface area contributed by atoms with Gasteiger partial charge in [0.05, 0.1) is 0 Å². The van der Waals surface area contributed by atoms with Crippen LogP contribution in [0.2, 0.25) is 0 Å². The summed E-state index contributed by atoms with van der Waals surface area (Å²) in [4.78, 5) is 18.3. The number of aromatic amines is 1. The first-order valence-corrected chi connectivity index (χ1v) is 6.63. The number of amides is 1. The molecule has 6 nitrogen and oxygen atoms in total. The van der Waals surface area contributed by atoms with Gasteiger partial charge in [-0.25, -0.2) is 4.98 Å². The van der Waals surface area contributed by atoms with Gasteiger partial charge in [-0.1, -0.05) is 0 Å². The van der Waals surface area contributed by atoms with Crippen LogP contribution >= 0.6 is 0 Å². The number of hydrogen-bond donors (Lipinski definition) is 2. The summed E-state index contributed by atoms with van der Waals surface area (Å²) in [7, 11) is 0. The molecule has 1 aromatic heterocycles. The Balaban J connectivity index is 1.45. The van der Waals surface area contributed by atoms with Crippen molar-refractivity contribution in [2.75, 3.05) is 19.6 Å². The Hall–Kier alpha value is -1.43. The Morgan fingerprint density at radius 2 is 2.33 bits per heavy atom. The molecule has 1 saturated heterocycles. The van der Waals surface area contributed by atoms with Gasteiger partial charge in [0.15, 0.2) is 0 Å². The molecule has 18 heavy (non-hydrogen) atoms. The number of carbonyl (C=O) groups excluding carboxylic acids is 1. The fourth-order valence-corrected chi connectivity index (χ4v) is 2.56. The number of H-pyrrole nitrogens is 1. The molecule has 2 heterocycles. The Morgan fingerprint density at radius 1 is 1.50 bits per heavy atom. The Bertz CT molecular complexity index is 439. The molecule has 0 aromatic carbocycles. The summed E-state index contributed by atoms with van der Waals surface area (Å²) >= 11 is 0. The number of aryl methyl sites for hydroxylation is 1. The number of aromatic nitrogens is 3. The molecular weight excluding hydrogens is 230 g/mol. The van der Waals surface area contributed by atoms with Crippen LogP contribution in [0.25, 0.3) is 0 Å². The maximum Gasteiger partial charge on any atom is 0.290 e. The van der Waals surface area contributed by atoms with E-state index in [1.165, 1.54) is 25.8 Å². The van der Waals surface area contributed by atoms with Gasteiger partial charge in [0.25, 0.3) is 5.91 Å². The number of nitrogens with one attached hydrogen (secondary N) is 2. The fraction of sp³-hybridized carbons (Fsp3) is 0.750. The predicted octanol–water partition coefficient (Wildman–Crippen LogP) is 0.327. The highest BCUT2D eigenvalue weighted by Crippen LogP contribution is 2.31. The number of nitrogens with zero attached hydrogens (tertiary/aromatic N) is 3. The van der Waals surface area contributed by atoms with E-state index in [0.29, 0.717) is 11.7 Å². The van der Waals surface area contributed by atoms with Crippen molar-refractivity contribution in [3.63, 3.8) is 0 Å². The summed E-state index contributed by atoms with van der Waals surface area (Å²) in [5.74, 6) is 1.31. The van der Waals surface area contributed by atoms with Crippen molar-refractivity contribution >= 4 is 5.91 Å². The minimum atomic E-state index is -0.177. The minimum absolute atomic E-state index is 0.177. The van der Waals surface area contributed by atoms with E-state index in [0.717, 1.165) is 19.1 Å². The molecule has 98 valence electrons.